The summed E-state index contributed by atoms with van der Waals surface area (Å²) in [7, 11) is 0. The molecule has 49 heavy (non-hydrogen) atoms. The van der Waals surface area contributed by atoms with Crippen LogP contribution < -0.4 is 5.32 Å². The van der Waals surface area contributed by atoms with Crippen LogP contribution in [0, 0.1) is 0 Å². The fraction of sp³-hybridized carbons (Fsp3) is 0.977. The van der Waals surface area contributed by atoms with Gasteiger partial charge >= 0.3 is 0 Å². The van der Waals surface area contributed by atoms with Crippen LogP contribution in [0.4, 0.5) is 0 Å². The van der Waals surface area contributed by atoms with Crippen LogP contribution in [0.3, 0.4) is 0 Å². The van der Waals surface area contributed by atoms with Crippen LogP contribution in [0.1, 0.15) is 239 Å². The molecule has 1 amide bonds. The Balaban J connectivity index is 3.71. The summed E-state index contributed by atoms with van der Waals surface area (Å²) in [4.78, 5) is 12.5. The van der Waals surface area contributed by atoms with E-state index in [0.717, 1.165) is 38.5 Å². The lowest BCUT2D eigenvalue weighted by Gasteiger charge is -2.27. The minimum atomic E-state index is -1.25. The maximum Gasteiger partial charge on any atom is 0.249 e. The van der Waals surface area contributed by atoms with E-state index in [1.165, 1.54) is 173 Å². The predicted molar refractivity (Wildman–Crippen MR) is 210 cm³/mol. The third-order valence-electron chi connectivity index (χ3n) is 10.6. The average Bonchev–Trinajstić information content (AvgIpc) is 3.11. The Hall–Kier alpha value is -0.690. The normalized spacial score (nSPS) is 14.2. The minimum Gasteiger partial charge on any atom is -0.394 e. The molecule has 0 aromatic heterocycles. The molecule has 0 saturated carbocycles. The second-order valence-electron chi connectivity index (χ2n) is 15.4. The van der Waals surface area contributed by atoms with E-state index in [0.29, 0.717) is 12.8 Å². The van der Waals surface area contributed by atoms with E-state index in [-0.39, 0.29) is 0 Å². The summed E-state index contributed by atoms with van der Waals surface area (Å²) in [5, 5.41) is 43.7. The van der Waals surface area contributed by atoms with Crippen molar-refractivity contribution in [2.24, 2.45) is 0 Å². The van der Waals surface area contributed by atoms with Gasteiger partial charge in [0.1, 0.15) is 12.2 Å². The van der Waals surface area contributed by atoms with E-state index in [4.69, 9.17) is 0 Å². The number of nitrogens with one attached hydrogen (secondary N) is 1. The zero-order valence-corrected chi connectivity index (χ0v) is 33.0. The molecule has 6 nitrogen and oxygen atoms in total. The second-order valence-corrected chi connectivity index (χ2v) is 15.4. The fourth-order valence-corrected chi connectivity index (χ4v) is 7.05. The van der Waals surface area contributed by atoms with Crippen molar-refractivity contribution in [3.8, 4) is 0 Å². The van der Waals surface area contributed by atoms with Crippen LogP contribution >= 0.6 is 0 Å². The number of aliphatic hydroxyl groups is 4. The lowest BCUT2D eigenvalue weighted by atomic mass is 9.99. The highest BCUT2D eigenvalue weighted by atomic mass is 16.3. The molecule has 0 rings (SSSR count). The van der Waals surface area contributed by atoms with E-state index in [9.17, 15) is 25.2 Å². The Morgan fingerprint density at radius 3 is 0.980 bits per heavy atom. The maximum absolute atomic E-state index is 12.5. The van der Waals surface area contributed by atoms with Crippen LogP contribution in [-0.2, 0) is 4.79 Å². The molecule has 4 unspecified atom stereocenters. The molecule has 0 bridgehead atoms. The molecule has 5 N–H and O–H groups in total. The van der Waals surface area contributed by atoms with Gasteiger partial charge < -0.3 is 25.7 Å². The van der Waals surface area contributed by atoms with Gasteiger partial charge in [0, 0.05) is 0 Å². The molecule has 0 aliphatic rings. The maximum atomic E-state index is 12.5. The van der Waals surface area contributed by atoms with Crippen molar-refractivity contribution in [2.75, 3.05) is 6.61 Å². The minimum absolute atomic E-state index is 0.375. The van der Waals surface area contributed by atoms with Gasteiger partial charge in [-0.05, 0) is 12.8 Å². The Kier molecular flexibility index (Phi) is 38.0. The van der Waals surface area contributed by atoms with Crippen molar-refractivity contribution in [3.05, 3.63) is 0 Å². The van der Waals surface area contributed by atoms with E-state index in [1.807, 2.05) is 0 Å². The monoisotopic (exact) mass is 698 g/mol. The quantitative estimate of drug-likeness (QED) is 0.0409. The van der Waals surface area contributed by atoms with Gasteiger partial charge in [0.25, 0.3) is 0 Å². The smallest absolute Gasteiger partial charge is 0.249 e. The van der Waals surface area contributed by atoms with Crippen molar-refractivity contribution in [3.63, 3.8) is 0 Å². The third-order valence-corrected chi connectivity index (χ3v) is 10.6. The Bertz CT molecular complexity index is 662. The summed E-state index contributed by atoms with van der Waals surface area (Å²) in [5.74, 6) is -0.579. The molecule has 0 saturated heterocycles. The summed E-state index contributed by atoms with van der Waals surface area (Å²) in [6.45, 7) is 4.06. The van der Waals surface area contributed by atoms with Crippen LogP contribution in [0.2, 0.25) is 0 Å². The Morgan fingerprint density at radius 1 is 0.429 bits per heavy atom. The van der Waals surface area contributed by atoms with Crippen LogP contribution in [0.25, 0.3) is 0 Å². The van der Waals surface area contributed by atoms with E-state index in [1.54, 1.807) is 0 Å². The van der Waals surface area contributed by atoms with Crippen LogP contribution in [0.15, 0.2) is 0 Å². The first-order valence-corrected chi connectivity index (χ1v) is 21.9. The van der Waals surface area contributed by atoms with E-state index < -0.39 is 36.9 Å². The molecule has 0 radical (unpaired) electrons. The molecule has 0 aliphatic heterocycles. The lowest BCUT2D eigenvalue weighted by Crippen LogP contribution is -2.53. The Labute approximate surface area is 305 Å². The highest BCUT2D eigenvalue weighted by Gasteiger charge is 2.28. The van der Waals surface area contributed by atoms with Gasteiger partial charge in [-0.15, -0.1) is 0 Å². The highest BCUT2D eigenvalue weighted by molar-refractivity contribution is 5.80. The van der Waals surface area contributed by atoms with E-state index in [2.05, 4.69) is 19.2 Å². The van der Waals surface area contributed by atoms with Crippen molar-refractivity contribution in [1.82, 2.24) is 5.32 Å². The first-order chi connectivity index (χ1) is 24.0. The Morgan fingerprint density at radius 2 is 0.694 bits per heavy atom. The number of rotatable bonds is 40. The van der Waals surface area contributed by atoms with Crippen molar-refractivity contribution in [2.45, 2.75) is 263 Å². The summed E-state index contributed by atoms with van der Waals surface area (Å²) in [6.07, 6.45) is 39.8. The molecular formula is C43H87NO5. The van der Waals surface area contributed by atoms with Crippen molar-refractivity contribution in [1.29, 1.82) is 0 Å². The number of amides is 1. The number of unbranched alkanes of at least 4 members (excludes halogenated alkanes) is 31. The van der Waals surface area contributed by atoms with Gasteiger partial charge in [-0.1, -0.05) is 226 Å². The summed E-state index contributed by atoms with van der Waals surface area (Å²) in [6, 6.07) is -0.978. The number of hydrogen-bond acceptors (Lipinski definition) is 5. The molecule has 0 aromatic carbocycles. The van der Waals surface area contributed by atoms with Gasteiger partial charge in [0.2, 0.25) is 5.91 Å². The average molecular weight is 698 g/mol. The molecule has 6 heteroatoms. The first kappa shape index (κ1) is 48.3. The number of hydrogen-bond donors (Lipinski definition) is 5. The number of carbonyl (C=O) groups excluding carboxylic acids is 1. The summed E-state index contributed by atoms with van der Waals surface area (Å²) >= 11 is 0. The molecule has 0 aromatic rings. The van der Waals surface area contributed by atoms with Gasteiger partial charge in [0.05, 0.1) is 18.8 Å². The molecule has 0 heterocycles. The largest absolute Gasteiger partial charge is 0.394 e. The number of aliphatic hydroxyl groups excluding tert-OH is 4. The predicted octanol–water partition coefficient (Wildman–Crippen LogP) is 11.2. The molecule has 294 valence electrons. The van der Waals surface area contributed by atoms with Gasteiger partial charge in [0.15, 0.2) is 0 Å². The van der Waals surface area contributed by atoms with Gasteiger partial charge in [-0.3, -0.25) is 4.79 Å². The molecule has 4 atom stereocenters. The lowest BCUT2D eigenvalue weighted by molar-refractivity contribution is -0.132. The zero-order chi connectivity index (χ0) is 36.0. The molecule has 0 aliphatic carbocycles. The molecule has 0 fully saturated rings. The third kappa shape index (κ3) is 32.9. The standard InChI is InChI=1S/C43H87NO5/c1-3-5-7-9-11-13-15-17-19-21-23-25-27-29-31-33-35-37-41(47)43(49)44-39(38-45)42(48)40(46)36-34-32-30-28-26-24-22-20-18-16-14-12-10-8-6-4-2/h39-42,45-48H,3-38H2,1-2H3,(H,44,49). The number of carbonyl (C=O) groups is 1. The first-order valence-electron chi connectivity index (χ1n) is 21.9. The molecule has 0 spiro atoms. The summed E-state index contributed by atoms with van der Waals surface area (Å²) in [5.41, 5.74) is 0. The van der Waals surface area contributed by atoms with Gasteiger partial charge in [-0.2, -0.15) is 0 Å². The zero-order valence-electron chi connectivity index (χ0n) is 33.0. The van der Waals surface area contributed by atoms with Gasteiger partial charge in [-0.25, -0.2) is 0 Å². The van der Waals surface area contributed by atoms with Crippen molar-refractivity contribution < 1.29 is 25.2 Å². The highest BCUT2D eigenvalue weighted by Crippen LogP contribution is 2.17. The molecular weight excluding hydrogens is 610 g/mol. The SMILES string of the molecule is CCCCCCCCCCCCCCCCCCCC(O)C(=O)NC(CO)C(O)C(O)CCCCCCCCCCCCCCCCCC. The topological polar surface area (TPSA) is 110 Å². The van der Waals surface area contributed by atoms with E-state index >= 15 is 0 Å². The van der Waals surface area contributed by atoms with Crippen molar-refractivity contribution >= 4 is 5.91 Å². The summed E-state index contributed by atoms with van der Waals surface area (Å²) < 4.78 is 0. The second kappa shape index (κ2) is 38.5. The van der Waals surface area contributed by atoms with Crippen LogP contribution in [0.5, 0.6) is 0 Å². The fourth-order valence-electron chi connectivity index (χ4n) is 7.05. The van der Waals surface area contributed by atoms with Crippen LogP contribution in [-0.4, -0.2) is 57.3 Å².